The second-order valence-electron chi connectivity index (χ2n) is 11.8. The molecule has 0 amide bonds. The van der Waals surface area contributed by atoms with Crippen LogP contribution in [-0.2, 0) is 27.4 Å². The minimum Gasteiger partial charge on any atom is -0.461 e. The number of pyridine rings is 1. The lowest BCUT2D eigenvalue weighted by atomic mass is 10.00. The molecule has 3 aromatic rings. The summed E-state index contributed by atoms with van der Waals surface area (Å²) in [5.41, 5.74) is 4.61. The molecule has 0 bridgehead atoms. The van der Waals surface area contributed by atoms with Crippen LogP contribution in [0.5, 0.6) is 0 Å². The van der Waals surface area contributed by atoms with E-state index in [-0.39, 0.29) is 23.7 Å². The Hall–Kier alpha value is -2.97. The van der Waals surface area contributed by atoms with Gasteiger partial charge in [-0.3, -0.25) is 9.59 Å². The molecule has 39 heavy (non-hydrogen) atoms. The number of ether oxygens (including phenoxy) is 2. The maximum absolute atomic E-state index is 13.0. The first-order valence-corrected chi connectivity index (χ1v) is 14.7. The number of carbonyl (C=O) groups excluding carboxylic acids is 1. The summed E-state index contributed by atoms with van der Waals surface area (Å²) in [5.74, 6) is 1.93. The van der Waals surface area contributed by atoms with Gasteiger partial charge in [-0.05, 0) is 87.5 Å². The Morgan fingerprint density at radius 2 is 1.92 bits per heavy atom. The number of hydrogen-bond acceptors (Lipinski definition) is 6. The van der Waals surface area contributed by atoms with Crippen LogP contribution in [0.2, 0.25) is 0 Å². The maximum atomic E-state index is 13.0. The fraction of sp³-hybridized carbons (Fsp3) is 0.581. The number of nitrogens with one attached hydrogen (secondary N) is 2. The van der Waals surface area contributed by atoms with Crippen molar-refractivity contribution in [1.82, 2.24) is 19.9 Å². The summed E-state index contributed by atoms with van der Waals surface area (Å²) in [4.78, 5) is 33.0. The molecule has 3 aliphatic rings. The lowest BCUT2D eigenvalue weighted by Crippen LogP contribution is -2.39. The molecule has 1 aromatic carbocycles. The third-order valence-electron chi connectivity index (χ3n) is 8.63. The molecule has 1 aliphatic heterocycles. The number of hydrogen-bond donors (Lipinski definition) is 2. The van der Waals surface area contributed by atoms with Gasteiger partial charge in [0.05, 0.1) is 11.0 Å². The molecule has 2 saturated carbocycles. The largest absolute Gasteiger partial charge is 0.461 e. The quantitative estimate of drug-likeness (QED) is 0.362. The lowest BCUT2D eigenvalue weighted by Gasteiger charge is -2.23. The highest BCUT2D eigenvalue weighted by Crippen LogP contribution is 2.34. The van der Waals surface area contributed by atoms with Crippen molar-refractivity contribution in [1.29, 1.82) is 0 Å². The zero-order chi connectivity index (χ0) is 26.8. The van der Waals surface area contributed by atoms with E-state index < -0.39 is 0 Å². The van der Waals surface area contributed by atoms with Crippen LogP contribution in [-0.4, -0.2) is 45.9 Å². The summed E-state index contributed by atoms with van der Waals surface area (Å²) >= 11 is 0. The standard InChI is InChI=1S/C31H40N4O4/c1-20-14-24(18-33-30(20)36)29-34-26-16-23(8-9-28(26)35(29)19-22-10-12-38-13-11-22)17-32-27(15-21-6-7-21)31(37)39-25-4-2-3-5-25/h8-9,14,16,18,21-22,25,27,32H,2-7,10-13,15,17,19H2,1H3,(H,33,36)/t27-/m0/s1. The molecule has 2 aromatic heterocycles. The first-order valence-electron chi connectivity index (χ1n) is 14.7. The van der Waals surface area contributed by atoms with Crippen molar-refractivity contribution in [3.8, 4) is 11.4 Å². The number of imidazole rings is 1. The number of aromatic amines is 1. The SMILES string of the molecule is Cc1cc(-c2nc3cc(CN[C@@H](CC4CC4)C(=O)OC4CCCC4)ccc3n2CC2CCOCC2)c[nH]c1=O. The molecule has 208 valence electrons. The number of H-pyrrole nitrogens is 1. The van der Waals surface area contributed by atoms with Gasteiger partial charge in [0.2, 0.25) is 0 Å². The molecule has 0 spiro atoms. The Kier molecular flexibility index (Phi) is 7.84. The van der Waals surface area contributed by atoms with Crippen molar-refractivity contribution in [3.05, 3.63) is 51.9 Å². The van der Waals surface area contributed by atoms with Gasteiger partial charge in [0.15, 0.2) is 0 Å². The Bertz CT molecular complexity index is 1360. The zero-order valence-electron chi connectivity index (χ0n) is 22.9. The molecule has 3 heterocycles. The van der Waals surface area contributed by atoms with E-state index in [1.807, 2.05) is 13.0 Å². The van der Waals surface area contributed by atoms with Crippen LogP contribution in [0, 0.1) is 18.8 Å². The normalized spacial score (nSPS) is 19.5. The van der Waals surface area contributed by atoms with E-state index in [1.54, 1.807) is 6.20 Å². The molecular weight excluding hydrogens is 492 g/mol. The predicted octanol–water partition coefficient (Wildman–Crippen LogP) is 4.87. The van der Waals surface area contributed by atoms with Gasteiger partial charge in [0.25, 0.3) is 5.56 Å². The highest BCUT2D eigenvalue weighted by atomic mass is 16.5. The van der Waals surface area contributed by atoms with Gasteiger partial charge in [0, 0.05) is 43.6 Å². The van der Waals surface area contributed by atoms with Crippen LogP contribution in [0.15, 0.2) is 35.3 Å². The van der Waals surface area contributed by atoms with Gasteiger partial charge in [0.1, 0.15) is 18.0 Å². The highest BCUT2D eigenvalue weighted by Gasteiger charge is 2.32. The first kappa shape index (κ1) is 26.3. The van der Waals surface area contributed by atoms with Crippen LogP contribution in [0.4, 0.5) is 0 Å². The van der Waals surface area contributed by atoms with E-state index in [4.69, 9.17) is 14.5 Å². The lowest BCUT2D eigenvalue weighted by molar-refractivity contribution is -0.151. The monoisotopic (exact) mass is 532 g/mol. The Labute approximate surface area is 229 Å². The van der Waals surface area contributed by atoms with E-state index >= 15 is 0 Å². The summed E-state index contributed by atoms with van der Waals surface area (Å²) in [6.07, 6.45) is 11.5. The minimum absolute atomic E-state index is 0.0774. The number of aryl methyl sites for hydroxylation is 1. The van der Waals surface area contributed by atoms with Crippen LogP contribution >= 0.6 is 0 Å². The smallest absolute Gasteiger partial charge is 0.323 e. The molecule has 2 N–H and O–H groups in total. The van der Waals surface area contributed by atoms with Crippen LogP contribution < -0.4 is 10.9 Å². The third-order valence-corrected chi connectivity index (χ3v) is 8.63. The average molecular weight is 533 g/mol. The van der Waals surface area contributed by atoms with Crippen molar-refractivity contribution < 1.29 is 14.3 Å². The first-order chi connectivity index (χ1) is 19.0. The number of aromatic nitrogens is 3. The van der Waals surface area contributed by atoms with Crippen molar-refractivity contribution >= 4 is 17.0 Å². The van der Waals surface area contributed by atoms with Gasteiger partial charge in [-0.1, -0.05) is 18.9 Å². The average Bonchev–Trinajstić information content (AvgIpc) is 3.49. The third kappa shape index (κ3) is 6.28. The van der Waals surface area contributed by atoms with Crippen LogP contribution in [0.25, 0.3) is 22.4 Å². The molecule has 3 fully saturated rings. The summed E-state index contributed by atoms with van der Waals surface area (Å²) in [6.45, 7) is 4.87. The molecular formula is C31H40N4O4. The molecule has 1 atom stereocenters. The molecule has 2 aliphatic carbocycles. The van der Waals surface area contributed by atoms with Crippen LogP contribution in [0.1, 0.15) is 68.9 Å². The van der Waals surface area contributed by atoms with Crippen molar-refractivity contribution in [2.24, 2.45) is 11.8 Å². The number of benzene rings is 1. The van der Waals surface area contributed by atoms with Gasteiger partial charge < -0.3 is 24.3 Å². The summed E-state index contributed by atoms with van der Waals surface area (Å²) in [5, 5.41) is 3.52. The van der Waals surface area contributed by atoms with E-state index in [9.17, 15) is 9.59 Å². The molecule has 0 unspecified atom stereocenters. The number of esters is 1. The fourth-order valence-corrected chi connectivity index (χ4v) is 6.05. The van der Waals surface area contributed by atoms with Crippen molar-refractivity contribution in [3.63, 3.8) is 0 Å². The number of carbonyl (C=O) groups is 1. The summed E-state index contributed by atoms with van der Waals surface area (Å²) in [6, 6.07) is 8.06. The molecule has 8 heteroatoms. The second-order valence-corrected chi connectivity index (χ2v) is 11.8. The summed E-state index contributed by atoms with van der Waals surface area (Å²) < 4.78 is 13.8. The van der Waals surface area contributed by atoms with Gasteiger partial charge >= 0.3 is 5.97 Å². The fourth-order valence-electron chi connectivity index (χ4n) is 6.05. The van der Waals surface area contributed by atoms with Gasteiger partial charge in [-0.25, -0.2) is 4.98 Å². The van der Waals surface area contributed by atoms with Gasteiger partial charge in [-0.2, -0.15) is 0 Å². The number of nitrogens with zero attached hydrogens (tertiary/aromatic N) is 2. The van der Waals surface area contributed by atoms with E-state index in [1.165, 1.54) is 12.8 Å². The number of fused-ring (bicyclic) bond motifs is 1. The molecule has 8 nitrogen and oxygen atoms in total. The Morgan fingerprint density at radius 3 is 2.67 bits per heavy atom. The molecule has 1 saturated heterocycles. The van der Waals surface area contributed by atoms with Gasteiger partial charge in [-0.15, -0.1) is 0 Å². The number of rotatable bonds is 10. The van der Waals surface area contributed by atoms with Crippen molar-refractivity contribution in [2.75, 3.05) is 13.2 Å². The Morgan fingerprint density at radius 1 is 1.13 bits per heavy atom. The zero-order valence-corrected chi connectivity index (χ0v) is 22.9. The minimum atomic E-state index is -0.264. The topological polar surface area (TPSA) is 98.2 Å². The molecule has 6 rings (SSSR count). The molecule has 0 radical (unpaired) electrons. The van der Waals surface area contributed by atoms with E-state index in [2.05, 4.69) is 33.1 Å². The second kappa shape index (κ2) is 11.6. The Balaban J connectivity index is 1.24. The summed E-state index contributed by atoms with van der Waals surface area (Å²) in [7, 11) is 0. The maximum Gasteiger partial charge on any atom is 0.323 e. The van der Waals surface area contributed by atoms with E-state index in [0.29, 0.717) is 23.9 Å². The van der Waals surface area contributed by atoms with Crippen LogP contribution in [0.3, 0.4) is 0 Å². The predicted molar refractivity (Wildman–Crippen MR) is 150 cm³/mol. The van der Waals surface area contributed by atoms with E-state index in [0.717, 1.165) is 92.7 Å². The van der Waals surface area contributed by atoms with Crippen molar-refractivity contribution in [2.45, 2.75) is 89.9 Å². The highest BCUT2D eigenvalue weighted by molar-refractivity contribution is 5.81.